The van der Waals surface area contributed by atoms with E-state index in [2.05, 4.69) is 15.8 Å². The summed E-state index contributed by atoms with van der Waals surface area (Å²) in [5.41, 5.74) is 6.06. The highest BCUT2D eigenvalue weighted by atomic mass is 16.5. The van der Waals surface area contributed by atoms with Gasteiger partial charge in [0.25, 0.3) is 0 Å². The van der Waals surface area contributed by atoms with Gasteiger partial charge in [0.2, 0.25) is 11.8 Å². The van der Waals surface area contributed by atoms with Gasteiger partial charge in [-0.15, -0.1) is 0 Å². The largest absolute Gasteiger partial charge is 0.496 e. The van der Waals surface area contributed by atoms with Crippen LogP contribution in [0.25, 0.3) is 0 Å². The molecule has 2 aromatic carbocycles. The molecule has 136 valence electrons. The minimum Gasteiger partial charge on any atom is -0.496 e. The highest BCUT2D eigenvalue weighted by Crippen LogP contribution is 2.18. The van der Waals surface area contributed by atoms with Crippen molar-refractivity contribution < 1.29 is 14.3 Å². The van der Waals surface area contributed by atoms with Gasteiger partial charge in [-0.2, -0.15) is 5.10 Å². The monoisotopic (exact) mass is 353 g/mol. The fraction of sp³-hybridized carbons (Fsp3) is 0.250. The van der Waals surface area contributed by atoms with Gasteiger partial charge in [-0.05, 0) is 43.2 Å². The molecular weight excluding hydrogens is 330 g/mol. The molecule has 0 aromatic heterocycles. The minimum absolute atomic E-state index is 0.0555. The second-order valence-electron chi connectivity index (χ2n) is 5.83. The summed E-state index contributed by atoms with van der Waals surface area (Å²) in [6.07, 6.45) is 1.65. The third kappa shape index (κ3) is 5.44. The zero-order valence-electron chi connectivity index (χ0n) is 15.2. The lowest BCUT2D eigenvalue weighted by Crippen LogP contribution is -2.21. The van der Waals surface area contributed by atoms with Crippen molar-refractivity contribution in [3.8, 4) is 5.75 Å². The number of rotatable bonds is 7. The van der Waals surface area contributed by atoms with Gasteiger partial charge in [0.1, 0.15) is 5.75 Å². The van der Waals surface area contributed by atoms with Gasteiger partial charge in [0.15, 0.2) is 0 Å². The first-order valence-electron chi connectivity index (χ1n) is 8.32. The maximum atomic E-state index is 12.0. The molecule has 2 aromatic rings. The van der Waals surface area contributed by atoms with Crippen LogP contribution in [0, 0.1) is 13.8 Å². The van der Waals surface area contributed by atoms with Crippen LogP contribution in [-0.4, -0.2) is 25.1 Å². The lowest BCUT2D eigenvalue weighted by Gasteiger charge is -2.10. The summed E-state index contributed by atoms with van der Waals surface area (Å²) in [6.45, 7) is 3.93. The smallest absolute Gasteiger partial charge is 0.240 e. The molecule has 0 aliphatic rings. The third-order valence-corrected chi connectivity index (χ3v) is 3.99. The van der Waals surface area contributed by atoms with Crippen LogP contribution in [0.5, 0.6) is 5.75 Å². The van der Waals surface area contributed by atoms with E-state index in [-0.39, 0.29) is 24.7 Å². The number of hydrazone groups is 1. The van der Waals surface area contributed by atoms with Gasteiger partial charge >= 0.3 is 0 Å². The van der Waals surface area contributed by atoms with Crippen LogP contribution in [-0.2, 0) is 9.59 Å². The number of methoxy groups -OCH3 is 1. The SMILES string of the molecule is COc1ccccc1C=NNC(=O)CCC(=O)Nc1cccc(C)c1C. The highest BCUT2D eigenvalue weighted by molar-refractivity contribution is 5.94. The number of carbonyl (C=O) groups is 2. The summed E-state index contributed by atoms with van der Waals surface area (Å²) in [7, 11) is 1.57. The summed E-state index contributed by atoms with van der Waals surface area (Å²) in [5.74, 6) is 0.133. The second kappa shape index (κ2) is 9.36. The average molecular weight is 353 g/mol. The van der Waals surface area contributed by atoms with Crippen LogP contribution in [0.15, 0.2) is 47.6 Å². The third-order valence-electron chi connectivity index (χ3n) is 3.99. The van der Waals surface area contributed by atoms with Crippen LogP contribution in [0.3, 0.4) is 0 Å². The Morgan fingerprint density at radius 1 is 1.04 bits per heavy atom. The number of benzene rings is 2. The van der Waals surface area contributed by atoms with Crippen molar-refractivity contribution in [2.45, 2.75) is 26.7 Å². The van der Waals surface area contributed by atoms with Crippen molar-refractivity contribution >= 4 is 23.7 Å². The molecule has 0 unspecified atom stereocenters. The van der Waals surface area contributed by atoms with Gasteiger partial charge in [-0.1, -0.05) is 24.3 Å². The van der Waals surface area contributed by atoms with Crippen molar-refractivity contribution in [2.75, 3.05) is 12.4 Å². The maximum absolute atomic E-state index is 12.0. The number of hydrogen-bond donors (Lipinski definition) is 2. The van der Waals surface area contributed by atoms with Crippen molar-refractivity contribution in [1.29, 1.82) is 0 Å². The first kappa shape index (κ1) is 19.2. The molecule has 26 heavy (non-hydrogen) atoms. The molecule has 0 fully saturated rings. The zero-order valence-corrected chi connectivity index (χ0v) is 15.2. The van der Waals surface area contributed by atoms with E-state index in [4.69, 9.17) is 4.74 Å². The Kier molecular flexibility index (Phi) is 6.91. The van der Waals surface area contributed by atoms with E-state index in [9.17, 15) is 9.59 Å². The Balaban J connectivity index is 1.80. The quantitative estimate of drug-likeness (QED) is 0.593. The number of anilines is 1. The number of nitrogens with zero attached hydrogens (tertiary/aromatic N) is 1. The molecule has 0 bridgehead atoms. The molecule has 2 amide bonds. The number of para-hydroxylation sites is 1. The molecule has 0 saturated heterocycles. The van der Waals surface area contributed by atoms with E-state index in [1.165, 1.54) is 6.21 Å². The fourth-order valence-electron chi connectivity index (χ4n) is 2.33. The zero-order chi connectivity index (χ0) is 18.9. The van der Waals surface area contributed by atoms with Crippen LogP contribution < -0.4 is 15.5 Å². The highest BCUT2D eigenvalue weighted by Gasteiger charge is 2.09. The Morgan fingerprint density at radius 2 is 1.77 bits per heavy atom. The van der Waals surface area contributed by atoms with E-state index < -0.39 is 0 Å². The summed E-state index contributed by atoms with van der Waals surface area (Å²) in [5, 5.41) is 6.73. The fourth-order valence-corrected chi connectivity index (χ4v) is 2.33. The molecule has 0 spiro atoms. The lowest BCUT2D eigenvalue weighted by molar-refractivity contribution is -0.124. The molecule has 0 atom stereocenters. The van der Waals surface area contributed by atoms with Crippen LogP contribution in [0.4, 0.5) is 5.69 Å². The number of hydrogen-bond acceptors (Lipinski definition) is 4. The van der Waals surface area contributed by atoms with E-state index in [0.29, 0.717) is 5.75 Å². The van der Waals surface area contributed by atoms with Gasteiger partial charge in [-0.25, -0.2) is 5.43 Å². The first-order valence-corrected chi connectivity index (χ1v) is 8.32. The Morgan fingerprint density at radius 3 is 2.54 bits per heavy atom. The van der Waals surface area contributed by atoms with Gasteiger partial charge in [-0.3, -0.25) is 9.59 Å². The topological polar surface area (TPSA) is 79.8 Å². The molecule has 2 N–H and O–H groups in total. The number of nitrogens with one attached hydrogen (secondary N) is 2. The molecule has 6 heteroatoms. The molecular formula is C20H23N3O3. The maximum Gasteiger partial charge on any atom is 0.240 e. The number of aryl methyl sites for hydroxylation is 1. The Hall–Kier alpha value is -3.15. The molecule has 0 aliphatic carbocycles. The Labute approximate surface area is 153 Å². The van der Waals surface area contributed by atoms with Crippen LogP contribution in [0.2, 0.25) is 0 Å². The molecule has 0 radical (unpaired) electrons. The molecule has 0 heterocycles. The molecule has 6 nitrogen and oxygen atoms in total. The summed E-state index contributed by atoms with van der Waals surface area (Å²) in [4.78, 5) is 23.8. The first-order chi connectivity index (χ1) is 12.5. The van der Waals surface area contributed by atoms with Crippen molar-refractivity contribution in [3.05, 3.63) is 59.2 Å². The van der Waals surface area contributed by atoms with E-state index in [1.54, 1.807) is 13.2 Å². The molecule has 0 saturated carbocycles. The average Bonchev–Trinajstić information content (AvgIpc) is 2.64. The standard InChI is InChI=1S/C20H23N3O3/c1-14-7-6-9-17(15(14)2)22-19(24)11-12-20(25)23-21-13-16-8-4-5-10-18(16)26-3/h4-10,13H,11-12H2,1-3H3,(H,22,24)(H,23,25). The predicted molar refractivity (Wildman–Crippen MR) is 103 cm³/mol. The second-order valence-corrected chi connectivity index (χ2v) is 5.83. The van der Waals surface area contributed by atoms with Crippen molar-refractivity contribution in [1.82, 2.24) is 5.43 Å². The summed E-state index contributed by atoms with van der Waals surface area (Å²) >= 11 is 0. The van der Waals surface area contributed by atoms with Crippen molar-refractivity contribution in [2.24, 2.45) is 5.10 Å². The lowest BCUT2D eigenvalue weighted by atomic mass is 10.1. The van der Waals surface area contributed by atoms with E-state index in [0.717, 1.165) is 22.4 Å². The van der Waals surface area contributed by atoms with Gasteiger partial charge in [0, 0.05) is 24.1 Å². The van der Waals surface area contributed by atoms with Crippen LogP contribution in [0.1, 0.15) is 29.5 Å². The summed E-state index contributed by atoms with van der Waals surface area (Å²) < 4.78 is 5.20. The molecule has 0 aliphatic heterocycles. The number of carbonyl (C=O) groups excluding carboxylic acids is 2. The normalized spacial score (nSPS) is 10.6. The predicted octanol–water partition coefficient (Wildman–Crippen LogP) is 3.18. The number of ether oxygens (including phenoxy) is 1. The van der Waals surface area contributed by atoms with E-state index >= 15 is 0 Å². The van der Waals surface area contributed by atoms with Crippen LogP contribution >= 0.6 is 0 Å². The van der Waals surface area contributed by atoms with E-state index in [1.807, 2.05) is 50.2 Å². The van der Waals surface area contributed by atoms with Gasteiger partial charge in [0.05, 0.1) is 13.3 Å². The Bertz CT molecular complexity index is 816. The van der Waals surface area contributed by atoms with Crippen molar-refractivity contribution in [3.63, 3.8) is 0 Å². The number of amides is 2. The summed E-state index contributed by atoms with van der Waals surface area (Å²) in [6, 6.07) is 13.0. The van der Waals surface area contributed by atoms with Gasteiger partial charge < -0.3 is 10.1 Å². The minimum atomic E-state index is -0.327. The molecule has 2 rings (SSSR count).